The van der Waals surface area contributed by atoms with Gasteiger partial charge in [0.2, 0.25) is 0 Å². The summed E-state index contributed by atoms with van der Waals surface area (Å²) in [6.45, 7) is 2.61. The van der Waals surface area contributed by atoms with Crippen LogP contribution in [0.25, 0.3) is 0 Å². The number of hydrogen-bond acceptors (Lipinski definition) is 4. The van der Waals surface area contributed by atoms with E-state index < -0.39 is 31.2 Å². The summed E-state index contributed by atoms with van der Waals surface area (Å²) in [6, 6.07) is 9.65. The molecule has 1 aromatic carbocycles. The maximum Gasteiger partial charge on any atom is 0.172 e. The fraction of sp³-hybridized carbons (Fsp3) is 0.471. The largest absolute Gasteiger partial charge is 0.293 e. The summed E-state index contributed by atoms with van der Waals surface area (Å²) in [6.07, 6.45) is 3.89. The first-order chi connectivity index (χ1) is 11.0. The molecule has 23 heavy (non-hydrogen) atoms. The Morgan fingerprint density at radius 1 is 1.17 bits per heavy atom. The zero-order valence-corrected chi connectivity index (χ0v) is 14.6. The van der Waals surface area contributed by atoms with Gasteiger partial charge in [0.25, 0.3) is 0 Å². The molecule has 122 valence electrons. The quantitative estimate of drug-likeness (QED) is 0.809. The van der Waals surface area contributed by atoms with Gasteiger partial charge in [-0.1, -0.05) is 36.4 Å². The minimum Gasteiger partial charge on any atom is -0.293 e. The van der Waals surface area contributed by atoms with Crippen molar-refractivity contribution >= 4 is 27.4 Å². The highest BCUT2D eigenvalue weighted by Gasteiger charge is 2.69. The molecule has 3 aliphatic heterocycles. The molecule has 2 fully saturated rings. The van der Waals surface area contributed by atoms with Crippen LogP contribution in [0, 0.1) is 0 Å². The van der Waals surface area contributed by atoms with E-state index >= 15 is 0 Å². The molecule has 4 atom stereocenters. The van der Waals surface area contributed by atoms with Crippen LogP contribution in [-0.2, 0) is 32.9 Å². The molecule has 0 aliphatic carbocycles. The summed E-state index contributed by atoms with van der Waals surface area (Å²) < 4.78 is 24.8. The van der Waals surface area contributed by atoms with Gasteiger partial charge in [-0.2, -0.15) is 0 Å². The molecule has 1 aromatic rings. The lowest BCUT2D eigenvalue weighted by Crippen LogP contribution is -2.58. The molecule has 0 amide bonds. The van der Waals surface area contributed by atoms with Gasteiger partial charge in [0.15, 0.2) is 5.78 Å². The summed E-state index contributed by atoms with van der Waals surface area (Å²) in [5, 5.41) is 0. The summed E-state index contributed by atoms with van der Waals surface area (Å²) >= 11 is 0. The van der Waals surface area contributed by atoms with E-state index in [1.165, 1.54) is 0 Å². The third-order valence-electron chi connectivity index (χ3n) is 5.49. The average Bonchev–Trinajstić information content (AvgIpc) is 2.93. The van der Waals surface area contributed by atoms with Gasteiger partial charge in [0, 0.05) is 46.1 Å². The lowest BCUT2D eigenvalue weighted by Gasteiger charge is -2.43. The zero-order valence-electron chi connectivity index (χ0n) is 12.9. The fourth-order valence-corrected chi connectivity index (χ4v) is 9.41. The van der Waals surface area contributed by atoms with Crippen molar-refractivity contribution in [2.75, 3.05) is 11.5 Å². The van der Waals surface area contributed by atoms with Gasteiger partial charge in [0.05, 0.1) is 11.6 Å². The molecule has 2 saturated heterocycles. The highest BCUT2D eigenvalue weighted by atomic mass is 32.3. The minimum atomic E-state index is -1.18. The number of hydrogen-bond donors (Lipinski definition) is 0. The molecule has 0 unspecified atom stereocenters. The second kappa shape index (κ2) is 5.19. The second-order valence-electron chi connectivity index (χ2n) is 6.57. The molecule has 1 spiro atoms. The van der Waals surface area contributed by atoms with E-state index in [1.54, 1.807) is 6.08 Å². The average molecular weight is 349 g/mol. The first-order valence-corrected chi connectivity index (χ1v) is 10.4. The number of nitrogens with zero attached hydrogens (tertiary/aromatic N) is 1. The predicted octanol–water partition coefficient (Wildman–Crippen LogP) is 1.37. The number of benzene rings is 1. The van der Waals surface area contributed by atoms with Crippen LogP contribution in [0.3, 0.4) is 0 Å². The maximum atomic E-state index is 12.8. The molecule has 0 radical (unpaired) electrons. The van der Waals surface area contributed by atoms with Gasteiger partial charge in [-0.05, 0) is 18.6 Å². The Morgan fingerprint density at radius 3 is 2.48 bits per heavy atom. The number of carbonyl (C=O) groups is 1. The lowest BCUT2D eigenvalue weighted by molar-refractivity contribution is -0.120. The molecule has 2 bridgehead atoms. The molecule has 0 aromatic heterocycles. The van der Waals surface area contributed by atoms with Crippen LogP contribution >= 0.6 is 0 Å². The molecule has 0 saturated carbocycles. The van der Waals surface area contributed by atoms with Crippen molar-refractivity contribution in [3.05, 3.63) is 48.0 Å². The summed E-state index contributed by atoms with van der Waals surface area (Å²) in [4.78, 5) is 14.5. The summed E-state index contributed by atoms with van der Waals surface area (Å²) in [7, 11) is -2.35. The minimum absolute atomic E-state index is 0.0381. The van der Waals surface area contributed by atoms with Crippen LogP contribution in [0.5, 0.6) is 0 Å². The van der Waals surface area contributed by atoms with Crippen molar-refractivity contribution in [1.29, 1.82) is 0 Å². The second-order valence-corrected chi connectivity index (χ2v) is 10.4. The van der Waals surface area contributed by atoms with Crippen LogP contribution in [-0.4, -0.2) is 46.3 Å². The van der Waals surface area contributed by atoms with Gasteiger partial charge in [-0.25, -0.2) is 0 Å². The molecular formula is C17H19NO3S2. The number of carbonyl (C=O) groups excluding carboxylic acids is 1. The Labute approximate surface area is 140 Å². The topological polar surface area (TPSA) is 54.5 Å². The SMILES string of the molecule is C[C@@]12C=CC(=O)[C@@H](CC13[S@](=O)CC[S@]3=O)N2Cc1ccccc1. The standard InChI is InChI=1S/C17H19NO3S2/c1-16-8-7-15(19)14(11-17(16)22(20)9-10-23(17)21)18(16)12-13-5-3-2-4-6-13/h2-8,14H,9-12H2,1H3/t14-,16-,22-,23-/m1/s1. The van der Waals surface area contributed by atoms with E-state index in [9.17, 15) is 13.2 Å². The Morgan fingerprint density at radius 2 is 1.83 bits per heavy atom. The monoisotopic (exact) mass is 349 g/mol. The van der Waals surface area contributed by atoms with Crippen LogP contribution in [0.15, 0.2) is 42.5 Å². The molecule has 6 heteroatoms. The first kappa shape index (κ1) is 15.4. The number of fused-ring (bicyclic) bond motifs is 3. The predicted molar refractivity (Wildman–Crippen MR) is 91.7 cm³/mol. The third-order valence-corrected chi connectivity index (χ3v) is 10.6. The van der Waals surface area contributed by atoms with Gasteiger partial charge in [-0.3, -0.25) is 18.1 Å². The molecule has 4 nitrogen and oxygen atoms in total. The molecule has 4 rings (SSSR count). The van der Waals surface area contributed by atoms with E-state index in [-0.39, 0.29) is 11.8 Å². The number of rotatable bonds is 2. The van der Waals surface area contributed by atoms with Crippen molar-refractivity contribution in [3.8, 4) is 0 Å². The van der Waals surface area contributed by atoms with E-state index in [2.05, 4.69) is 4.90 Å². The Kier molecular flexibility index (Phi) is 3.48. The highest BCUT2D eigenvalue weighted by molar-refractivity contribution is 8.07. The molecule has 3 aliphatic rings. The first-order valence-electron chi connectivity index (χ1n) is 7.80. The van der Waals surface area contributed by atoms with Gasteiger partial charge >= 0.3 is 0 Å². The molecular weight excluding hydrogens is 330 g/mol. The summed E-state index contributed by atoms with van der Waals surface area (Å²) in [5.41, 5.74) is 0.506. The van der Waals surface area contributed by atoms with Gasteiger partial charge in [-0.15, -0.1) is 0 Å². The molecule has 0 N–H and O–H groups in total. The molecule has 3 heterocycles. The Balaban J connectivity index is 1.82. The van der Waals surface area contributed by atoms with E-state index in [4.69, 9.17) is 0 Å². The third kappa shape index (κ3) is 1.95. The van der Waals surface area contributed by atoms with Crippen molar-refractivity contribution in [1.82, 2.24) is 4.90 Å². The van der Waals surface area contributed by atoms with Crippen molar-refractivity contribution in [3.63, 3.8) is 0 Å². The zero-order chi connectivity index (χ0) is 16.2. The number of ketones is 1. The van der Waals surface area contributed by atoms with Gasteiger partial charge < -0.3 is 0 Å². The van der Waals surface area contributed by atoms with Gasteiger partial charge in [0.1, 0.15) is 4.08 Å². The normalized spacial score (nSPS) is 38.5. The summed E-state index contributed by atoms with van der Waals surface area (Å²) in [5.74, 6) is 0.975. The smallest absolute Gasteiger partial charge is 0.172 e. The maximum absolute atomic E-state index is 12.8. The van der Waals surface area contributed by atoms with Crippen LogP contribution < -0.4 is 0 Å². The van der Waals surface area contributed by atoms with Crippen LogP contribution in [0.1, 0.15) is 18.9 Å². The van der Waals surface area contributed by atoms with E-state index in [0.29, 0.717) is 24.5 Å². The van der Waals surface area contributed by atoms with Crippen LogP contribution in [0.4, 0.5) is 0 Å². The van der Waals surface area contributed by atoms with Crippen molar-refractivity contribution in [2.24, 2.45) is 0 Å². The highest BCUT2D eigenvalue weighted by Crippen LogP contribution is 2.54. The Bertz CT molecular complexity index is 729. The van der Waals surface area contributed by atoms with Crippen molar-refractivity contribution in [2.45, 2.75) is 35.5 Å². The van der Waals surface area contributed by atoms with E-state index in [1.807, 2.05) is 43.3 Å². The lowest BCUT2D eigenvalue weighted by atomic mass is 9.95. The Hall–Kier alpha value is -1.11. The fourth-order valence-electron chi connectivity index (χ4n) is 4.23. The van der Waals surface area contributed by atoms with Crippen LogP contribution in [0.2, 0.25) is 0 Å². The van der Waals surface area contributed by atoms with E-state index in [0.717, 1.165) is 5.56 Å². The van der Waals surface area contributed by atoms with Crippen molar-refractivity contribution < 1.29 is 13.2 Å².